The second-order valence-corrected chi connectivity index (χ2v) is 1.82. The summed E-state index contributed by atoms with van der Waals surface area (Å²) in [4.78, 5) is 24.0. The van der Waals surface area contributed by atoms with E-state index in [0.717, 1.165) is 4.68 Å². The van der Waals surface area contributed by atoms with Crippen LogP contribution in [0.15, 0.2) is 21.9 Å². The van der Waals surface area contributed by atoms with Crippen molar-refractivity contribution in [2.75, 3.05) is 12.6 Å². The minimum absolute atomic E-state index is 0.414. The van der Waals surface area contributed by atoms with Crippen LogP contribution in [0.2, 0.25) is 0 Å². The van der Waals surface area contributed by atoms with E-state index >= 15 is 0 Å². The van der Waals surface area contributed by atoms with Crippen LogP contribution in [0, 0.1) is 0 Å². The van der Waals surface area contributed by atoms with Crippen LogP contribution in [-0.4, -0.2) is 16.7 Å². The Labute approximate surface area is 61.8 Å². The molecule has 0 radical (unpaired) electrons. The van der Waals surface area contributed by atoms with E-state index in [4.69, 9.17) is 0 Å². The van der Waals surface area contributed by atoms with E-state index < -0.39 is 11.2 Å². The summed E-state index contributed by atoms with van der Waals surface area (Å²) >= 11 is 0. The SMILES string of the molecule is CNNn1c(=O)cc[nH]c1=O. The Balaban J connectivity index is 3.22. The zero-order valence-corrected chi connectivity index (χ0v) is 5.92. The van der Waals surface area contributed by atoms with Gasteiger partial charge in [0.2, 0.25) is 0 Å². The lowest BCUT2D eigenvalue weighted by molar-refractivity contribution is 0.688. The first-order valence-corrected chi connectivity index (χ1v) is 2.99. The topological polar surface area (TPSA) is 78.9 Å². The summed E-state index contributed by atoms with van der Waals surface area (Å²) in [6.45, 7) is 0. The number of hydrogen-bond donors (Lipinski definition) is 3. The summed E-state index contributed by atoms with van der Waals surface area (Å²) in [5.74, 6) is 0. The van der Waals surface area contributed by atoms with Crippen LogP contribution < -0.4 is 22.2 Å². The number of aromatic nitrogens is 2. The molecule has 0 amide bonds. The minimum atomic E-state index is -0.508. The highest BCUT2D eigenvalue weighted by atomic mass is 16.2. The Morgan fingerprint density at radius 1 is 1.55 bits per heavy atom. The van der Waals surface area contributed by atoms with E-state index in [9.17, 15) is 9.59 Å². The molecule has 60 valence electrons. The predicted octanol–water partition coefficient (Wildman–Crippen LogP) is -1.79. The molecule has 11 heavy (non-hydrogen) atoms. The van der Waals surface area contributed by atoms with E-state index in [0.29, 0.717) is 0 Å². The second kappa shape index (κ2) is 3.02. The quantitative estimate of drug-likeness (QED) is 0.442. The highest BCUT2D eigenvalue weighted by Gasteiger charge is 1.94. The van der Waals surface area contributed by atoms with Gasteiger partial charge in [0, 0.05) is 19.3 Å². The van der Waals surface area contributed by atoms with Gasteiger partial charge in [-0.2, -0.15) is 4.68 Å². The molecular weight excluding hydrogens is 148 g/mol. The van der Waals surface area contributed by atoms with Crippen molar-refractivity contribution in [3.05, 3.63) is 33.1 Å². The fraction of sp³-hybridized carbons (Fsp3) is 0.200. The molecule has 1 aromatic heterocycles. The molecule has 3 N–H and O–H groups in total. The van der Waals surface area contributed by atoms with Gasteiger partial charge in [0.15, 0.2) is 0 Å². The van der Waals surface area contributed by atoms with Crippen LogP contribution in [0.3, 0.4) is 0 Å². The third-order valence-electron chi connectivity index (χ3n) is 1.08. The first-order chi connectivity index (χ1) is 5.25. The molecular formula is C5H8N4O2. The van der Waals surface area contributed by atoms with E-state index in [-0.39, 0.29) is 0 Å². The molecule has 6 heteroatoms. The molecule has 0 aliphatic rings. The Morgan fingerprint density at radius 2 is 2.27 bits per heavy atom. The van der Waals surface area contributed by atoms with Gasteiger partial charge in [-0.3, -0.25) is 10.3 Å². The highest BCUT2D eigenvalue weighted by molar-refractivity contribution is 4.84. The zero-order chi connectivity index (χ0) is 8.27. The number of hydrazine groups is 1. The van der Waals surface area contributed by atoms with Crippen LogP contribution in [0.5, 0.6) is 0 Å². The van der Waals surface area contributed by atoms with Crippen LogP contribution >= 0.6 is 0 Å². The summed E-state index contributed by atoms with van der Waals surface area (Å²) in [5.41, 5.74) is 3.89. The van der Waals surface area contributed by atoms with Crippen LogP contribution in [-0.2, 0) is 0 Å². The monoisotopic (exact) mass is 156 g/mol. The van der Waals surface area contributed by atoms with Gasteiger partial charge < -0.3 is 4.98 Å². The normalized spacial score (nSPS) is 9.55. The molecule has 0 atom stereocenters. The first kappa shape index (κ1) is 7.55. The molecule has 0 aliphatic heterocycles. The van der Waals surface area contributed by atoms with Crippen molar-refractivity contribution < 1.29 is 0 Å². The van der Waals surface area contributed by atoms with E-state index in [2.05, 4.69) is 15.9 Å². The average molecular weight is 156 g/mol. The lowest BCUT2D eigenvalue weighted by Crippen LogP contribution is -2.44. The van der Waals surface area contributed by atoms with E-state index in [1.54, 1.807) is 7.05 Å². The second-order valence-electron chi connectivity index (χ2n) is 1.82. The minimum Gasteiger partial charge on any atom is -0.312 e. The van der Waals surface area contributed by atoms with Crippen molar-refractivity contribution >= 4 is 0 Å². The number of nitrogens with one attached hydrogen (secondary N) is 3. The van der Waals surface area contributed by atoms with Gasteiger partial charge >= 0.3 is 5.69 Å². The number of hydrogen-bond acceptors (Lipinski definition) is 4. The molecule has 0 aliphatic carbocycles. The van der Waals surface area contributed by atoms with Crippen LogP contribution in [0.1, 0.15) is 0 Å². The summed E-state index contributed by atoms with van der Waals surface area (Å²) in [6, 6.07) is 1.24. The van der Waals surface area contributed by atoms with Gasteiger partial charge in [-0.15, -0.1) is 0 Å². The Hall–Kier alpha value is -1.56. The van der Waals surface area contributed by atoms with Gasteiger partial charge in [0.1, 0.15) is 0 Å². The standard InChI is InChI=1S/C5H8N4O2/c1-6-8-9-4(10)2-3-7-5(9)11/h2-3,6,8H,1H3,(H,7,11). The van der Waals surface area contributed by atoms with E-state index in [1.165, 1.54) is 12.3 Å². The Kier molecular flexibility index (Phi) is 2.07. The number of aromatic amines is 1. The molecule has 1 rings (SSSR count). The number of rotatable bonds is 2. The van der Waals surface area contributed by atoms with Crippen molar-refractivity contribution in [2.45, 2.75) is 0 Å². The van der Waals surface area contributed by atoms with Gasteiger partial charge in [-0.1, -0.05) is 0 Å². The Bertz CT molecular complexity index is 311. The third kappa shape index (κ3) is 1.47. The number of nitrogens with zero attached hydrogens (tertiary/aromatic N) is 1. The summed E-state index contributed by atoms with van der Waals surface area (Å²) in [6.07, 6.45) is 1.29. The smallest absolute Gasteiger partial charge is 0.312 e. The maximum Gasteiger partial charge on any atom is 0.348 e. The molecule has 0 bridgehead atoms. The van der Waals surface area contributed by atoms with Crippen molar-refractivity contribution in [1.29, 1.82) is 0 Å². The largest absolute Gasteiger partial charge is 0.348 e. The summed E-state index contributed by atoms with van der Waals surface area (Å²) in [5, 5.41) is 0. The summed E-state index contributed by atoms with van der Waals surface area (Å²) < 4.78 is 0.819. The van der Waals surface area contributed by atoms with Gasteiger partial charge in [0.05, 0.1) is 0 Å². The molecule has 0 unspecified atom stereocenters. The molecule has 1 aromatic rings. The van der Waals surface area contributed by atoms with Crippen molar-refractivity contribution in [1.82, 2.24) is 15.1 Å². The van der Waals surface area contributed by atoms with Crippen LogP contribution in [0.25, 0.3) is 0 Å². The predicted molar refractivity (Wildman–Crippen MR) is 39.7 cm³/mol. The van der Waals surface area contributed by atoms with Crippen molar-refractivity contribution in [3.8, 4) is 0 Å². The third-order valence-corrected chi connectivity index (χ3v) is 1.08. The Morgan fingerprint density at radius 3 is 2.82 bits per heavy atom. The van der Waals surface area contributed by atoms with Crippen LogP contribution in [0.4, 0.5) is 0 Å². The molecule has 0 aromatic carbocycles. The van der Waals surface area contributed by atoms with Crippen molar-refractivity contribution in [2.24, 2.45) is 0 Å². The highest BCUT2D eigenvalue weighted by Crippen LogP contribution is 1.59. The molecule has 0 fully saturated rings. The number of H-pyrrole nitrogens is 1. The maximum absolute atomic E-state index is 10.9. The summed E-state index contributed by atoms with van der Waals surface area (Å²) in [7, 11) is 1.55. The lowest BCUT2D eigenvalue weighted by atomic mass is 10.7. The molecule has 6 nitrogen and oxygen atoms in total. The van der Waals surface area contributed by atoms with Gasteiger partial charge in [0.25, 0.3) is 5.56 Å². The van der Waals surface area contributed by atoms with Gasteiger partial charge in [-0.05, 0) is 0 Å². The molecule has 0 spiro atoms. The van der Waals surface area contributed by atoms with Crippen molar-refractivity contribution in [3.63, 3.8) is 0 Å². The maximum atomic E-state index is 10.9. The zero-order valence-electron chi connectivity index (χ0n) is 5.92. The molecule has 0 saturated carbocycles. The fourth-order valence-corrected chi connectivity index (χ4v) is 0.641. The fourth-order valence-electron chi connectivity index (χ4n) is 0.641. The molecule has 0 saturated heterocycles. The van der Waals surface area contributed by atoms with E-state index in [1.807, 2.05) is 0 Å². The average Bonchev–Trinajstić information content (AvgIpc) is 1.97. The van der Waals surface area contributed by atoms with Gasteiger partial charge in [-0.25, -0.2) is 10.2 Å². The lowest BCUT2D eigenvalue weighted by Gasteiger charge is -2.03. The first-order valence-electron chi connectivity index (χ1n) is 2.99. The molecule has 1 heterocycles.